The summed E-state index contributed by atoms with van der Waals surface area (Å²) in [5, 5.41) is 3.83. The fraction of sp³-hybridized carbons (Fsp3) is 0.600. The molecule has 0 heterocycles. The zero-order valence-corrected chi connectivity index (χ0v) is 13.6. The molecule has 1 N–H and O–H groups in total. The Bertz CT molecular complexity index is 394. The van der Waals surface area contributed by atoms with E-state index in [0.717, 1.165) is 0 Å². The minimum absolute atomic E-state index is 0.663. The van der Waals surface area contributed by atoms with E-state index in [2.05, 4.69) is 52.6 Å². The van der Waals surface area contributed by atoms with Gasteiger partial charge in [0.2, 0.25) is 0 Å². The van der Waals surface area contributed by atoms with Gasteiger partial charge in [0, 0.05) is 22.3 Å². The second-order valence-electron chi connectivity index (χ2n) is 5.08. The normalized spacial score (nSPS) is 20.5. The van der Waals surface area contributed by atoms with Crippen LogP contribution in [0.3, 0.4) is 0 Å². The van der Waals surface area contributed by atoms with Crippen molar-refractivity contribution in [2.75, 3.05) is 12.0 Å². The Morgan fingerprint density at radius 2 is 2.28 bits per heavy atom. The van der Waals surface area contributed by atoms with Crippen LogP contribution in [-0.2, 0) is 12.8 Å². The number of aryl methyl sites for hydroxylation is 1. The maximum atomic E-state index is 3.83. The molecule has 2 rings (SSSR count). The van der Waals surface area contributed by atoms with E-state index in [9.17, 15) is 0 Å². The molecule has 0 radical (unpaired) electrons. The van der Waals surface area contributed by atoms with Crippen molar-refractivity contribution in [3.05, 3.63) is 33.8 Å². The molecular formula is C15H22BrNS. The molecule has 0 aliphatic heterocycles. The summed E-state index contributed by atoms with van der Waals surface area (Å²) in [6, 6.07) is 8.06. The largest absolute Gasteiger partial charge is 0.310 e. The van der Waals surface area contributed by atoms with Gasteiger partial charge in [-0.05, 0) is 55.2 Å². The third-order valence-corrected chi connectivity index (χ3v) is 4.96. The highest BCUT2D eigenvalue weighted by atomic mass is 79.9. The van der Waals surface area contributed by atoms with Gasteiger partial charge in [0.05, 0.1) is 0 Å². The number of benzene rings is 1. The van der Waals surface area contributed by atoms with Crippen molar-refractivity contribution in [3.8, 4) is 0 Å². The van der Waals surface area contributed by atoms with Gasteiger partial charge in [-0.2, -0.15) is 11.8 Å². The summed E-state index contributed by atoms with van der Waals surface area (Å²) in [7, 11) is 0. The van der Waals surface area contributed by atoms with E-state index in [1.165, 1.54) is 47.0 Å². The van der Waals surface area contributed by atoms with Crippen LogP contribution in [0.25, 0.3) is 0 Å². The first kappa shape index (κ1) is 14.4. The molecule has 1 aliphatic rings. The Labute approximate surface area is 123 Å². The second kappa shape index (κ2) is 6.97. The lowest BCUT2D eigenvalue weighted by Gasteiger charge is -2.29. The first-order chi connectivity index (χ1) is 8.72. The fourth-order valence-corrected chi connectivity index (χ4v) is 3.83. The summed E-state index contributed by atoms with van der Waals surface area (Å²) in [6.45, 7) is 2.28. The number of halogens is 1. The van der Waals surface area contributed by atoms with Crippen LogP contribution in [0.5, 0.6) is 0 Å². The standard InChI is InChI=1S/C15H22BrNS/c1-3-14(10-18-2)17-15-7-5-11-8-13(16)6-4-12(11)9-15/h4,6,8,14-15,17H,3,5,7,9-10H2,1-2H3. The Morgan fingerprint density at radius 3 is 3.00 bits per heavy atom. The maximum Gasteiger partial charge on any atom is 0.0178 e. The van der Waals surface area contributed by atoms with Crippen molar-refractivity contribution in [1.82, 2.24) is 5.32 Å². The third-order valence-electron chi connectivity index (χ3n) is 3.73. The van der Waals surface area contributed by atoms with Crippen LogP contribution in [-0.4, -0.2) is 24.1 Å². The van der Waals surface area contributed by atoms with Gasteiger partial charge in [-0.3, -0.25) is 0 Å². The van der Waals surface area contributed by atoms with Crippen LogP contribution < -0.4 is 5.32 Å². The lowest BCUT2D eigenvalue weighted by molar-refractivity contribution is 0.404. The molecule has 0 saturated heterocycles. The number of hydrogen-bond acceptors (Lipinski definition) is 2. The first-order valence-electron chi connectivity index (χ1n) is 6.75. The van der Waals surface area contributed by atoms with Gasteiger partial charge >= 0.3 is 0 Å². The first-order valence-corrected chi connectivity index (χ1v) is 8.94. The summed E-state index contributed by atoms with van der Waals surface area (Å²) in [5.74, 6) is 1.22. The number of rotatable bonds is 5. The van der Waals surface area contributed by atoms with E-state index in [1.807, 2.05) is 11.8 Å². The van der Waals surface area contributed by atoms with E-state index >= 15 is 0 Å². The topological polar surface area (TPSA) is 12.0 Å². The van der Waals surface area contributed by atoms with Crippen molar-refractivity contribution in [1.29, 1.82) is 0 Å². The summed E-state index contributed by atoms with van der Waals surface area (Å²) in [4.78, 5) is 0. The van der Waals surface area contributed by atoms with Gasteiger partial charge in [-0.25, -0.2) is 0 Å². The minimum Gasteiger partial charge on any atom is -0.310 e. The van der Waals surface area contributed by atoms with Crippen LogP contribution in [0, 0.1) is 0 Å². The molecule has 0 fully saturated rings. The molecule has 1 aromatic rings. The highest BCUT2D eigenvalue weighted by Gasteiger charge is 2.20. The third kappa shape index (κ3) is 3.75. The van der Waals surface area contributed by atoms with E-state index in [0.29, 0.717) is 12.1 Å². The Morgan fingerprint density at radius 1 is 1.44 bits per heavy atom. The molecule has 18 heavy (non-hydrogen) atoms. The van der Waals surface area contributed by atoms with E-state index in [-0.39, 0.29) is 0 Å². The molecule has 0 bridgehead atoms. The number of thioether (sulfide) groups is 1. The van der Waals surface area contributed by atoms with Gasteiger partial charge in [0.25, 0.3) is 0 Å². The van der Waals surface area contributed by atoms with Crippen LogP contribution in [0.2, 0.25) is 0 Å². The Balaban J connectivity index is 1.97. The van der Waals surface area contributed by atoms with E-state index in [4.69, 9.17) is 0 Å². The fourth-order valence-electron chi connectivity index (χ4n) is 2.68. The molecule has 1 nitrogen and oxygen atoms in total. The van der Waals surface area contributed by atoms with Gasteiger partial charge in [-0.15, -0.1) is 0 Å². The molecule has 100 valence electrons. The van der Waals surface area contributed by atoms with Gasteiger partial charge in [0.1, 0.15) is 0 Å². The predicted molar refractivity (Wildman–Crippen MR) is 85.6 cm³/mol. The van der Waals surface area contributed by atoms with Gasteiger partial charge < -0.3 is 5.32 Å². The molecule has 0 aromatic heterocycles. The zero-order valence-electron chi connectivity index (χ0n) is 11.2. The van der Waals surface area contributed by atoms with E-state index < -0.39 is 0 Å². The summed E-state index contributed by atoms with van der Waals surface area (Å²) >= 11 is 5.50. The van der Waals surface area contributed by atoms with Gasteiger partial charge in [-0.1, -0.05) is 28.9 Å². The van der Waals surface area contributed by atoms with E-state index in [1.54, 1.807) is 0 Å². The number of nitrogens with one attached hydrogen (secondary N) is 1. The molecule has 2 atom stereocenters. The van der Waals surface area contributed by atoms with Crippen molar-refractivity contribution in [2.24, 2.45) is 0 Å². The number of fused-ring (bicyclic) bond motifs is 1. The Hall–Kier alpha value is 0.01000. The predicted octanol–water partition coefficient (Wildman–Crippen LogP) is 4.04. The van der Waals surface area contributed by atoms with Gasteiger partial charge in [0.15, 0.2) is 0 Å². The van der Waals surface area contributed by atoms with Crippen molar-refractivity contribution in [2.45, 2.75) is 44.7 Å². The quantitative estimate of drug-likeness (QED) is 0.875. The monoisotopic (exact) mass is 327 g/mol. The molecule has 2 unspecified atom stereocenters. The summed E-state index contributed by atoms with van der Waals surface area (Å²) in [6.07, 6.45) is 7.09. The average molecular weight is 328 g/mol. The molecule has 1 aliphatic carbocycles. The van der Waals surface area contributed by atoms with Crippen molar-refractivity contribution >= 4 is 27.7 Å². The second-order valence-corrected chi connectivity index (χ2v) is 6.91. The molecule has 0 saturated carbocycles. The smallest absolute Gasteiger partial charge is 0.0178 e. The molecule has 3 heteroatoms. The minimum atomic E-state index is 0.663. The van der Waals surface area contributed by atoms with Crippen LogP contribution in [0.1, 0.15) is 30.9 Å². The Kier molecular flexibility index (Phi) is 5.58. The molecule has 0 spiro atoms. The average Bonchev–Trinajstić information content (AvgIpc) is 2.38. The summed E-state index contributed by atoms with van der Waals surface area (Å²) < 4.78 is 1.21. The maximum absolute atomic E-state index is 3.83. The lowest BCUT2D eigenvalue weighted by atomic mass is 9.88. The molecule has 1 aromatic carbocycles. The summed E-state index contributed by atoms with van der Waals surface area (Å²) in [5.41, 5.74) is 3.06. The van der Waals surface area contributed by atoms with Crippen LogP contribution >= 0.6 is 27.7 Å². The van der Waals surface area contributed by atoms with Crippen LogP contribution in [0.4, 0.5) is 0 Å². The number of hydrogen-bond donors (Lipinski definition) is 1. The van der Waals surface area contributed by atoms with Crippen LogP contribution in [0.15, 0.2) is 22.7 Å². The molecule has 0 amide bonds. The van der Waals surface area contributed by atoms with Crippen molar-refractivity contribution in [3.63, 3.8) is 0 Å². The highest BCUT2D eigenvalue weighted by Crippen LogP contribution is 2.25. The highest BCUT2D eigenvalue weighted by molar-refractivity contribution is 9.10. The molecular weight excluding hydrogens is 306 g/mol. The zero-order chi connectivity index (χ0) is 13.0. The lowest BCUT2D eigenvalue weighted by Crippen LogP contribution is -2.42. The van der Waals surface area contributed by atoms with Crippen molar-refractivity contribution < 1.29 is 0 Å². The SMILES string of the molecule is CCC(CSC)NC1CCc2cc(Br)ccc2C1.